The summed E-state index contributed by atoms with van der Waals surface area (Å²) < 4.78 is 14.0. The Bertz CT molecular complexity index is 517. The van der Waals surface area contributed by atoms with E-state index in [1.807, 2.05) is 6.07 Å². The van der Waals surface area contributed by atoms with E-state index in [0.717, 1.165) is 22.6 Å². The molecular formula is C15H22FNSSi. The minimum Gasteiger partial charge on any atom is -0.272 e. The fourth-order valence-corrected chi connectivity index (χ4v) is 4.29. The first-order chi connectivity index (χ1) is 8.68. The third-order valence-corrected chi connectivity index (χ3v) is 6.11. The molecule has 4 heteroatoms. The van der Waals surface area contributed by atoms with E-state index in [1.165, 1.54) is 17.8 Å². The molecule has 0 unspecified atom stereocenters. The summed E-state index contributed by atoms with van der Waals surface area (Å²) in [5, 5.41) is 0. The Kier molecular flexibility index (Phi) is 3.94. The molecule has 1 aromatic rings. The summed E-state index contributed by atoms with van der Waals surface area (Å²) in [7, 11) is -1.10. The number of benzene rings is 1. The summed E-state index contributed by atoms with van der Waals surface area (Å²) in [4.78, 5) is 5.35. The van der Waals surface area contributed by atoms with Gasteiger partial charge in [0.15, 0.2) is 0 Å². The summed E-state index contributed by atoms with van der Waals surface area (Å²) in [6.45, 7) is 11.2. The zero-order valence-electron chi connectivity index (χ0n) is 12.4. The Morgan fingerprint density at radius 2 is 1.95 bits per heavy atom. The Labute approximate surface area is 120 Å². The van der Waals surface area contributed by atoms with Crippen molar-refractivity contribution in [2.75, 3.05) is 0 Å². The largest absolute Gasteiger partial charge is 0.272 e. The lowest BCUT2D eigenvalue weighted by atomic mass is 10.1. The summed E-state index contributed by atoms with van der Waals surface area (Å²) in [5.74, 6) is -0.115. The van der Waals surface area contributed by atoms with Crippen LogP contribution < -0.4 is 0 Å². The van der Waals surface area contributed by atoms with Crippen LogP contribution in [0.15, 0.2) is 28.1 Å². The number of halogens is 1. The maximum atomic E-state index is 14.0. The van der Waals surface area contributed by atoms with Crippen molar-refractivity contribution >= 4 is 25.5 Å². The van der Waals surface area contributed by atoms with Crippen molar-refractivity contribution in [3.05, 3.63) is 29.6 Å². The number of aliphatic imine (C=N–C) groups is 1. The molecule has 1 aromatic carbocycles. The van der Waals surface area contributed by atoms with Gasteiger partial charge >= 0.3 is 0 Å². The topological polar surface area (TPSA) is 12.4 Å². The monoisotopic (exact) mass is 295 g/mol. The summed E-state index contributed by atoms with van der Waals surface area (Å²) in [6, 6.07) is 6.53. The second-order valence-electron chi connectivity index (χ2n) is 6.78. The first-order valence-corrected chi connectivity index (χ1v) is 11.3. The van der Waals surface area contributed by atoms with Gasteiger partial charge in [-0.3, -0.25) is 4.99 Å². The highest BCUT2D eigenvalue weighted by Gasteiger charge is 2.30. The lowest BCUT2D eigenvalue weighted by Crippen LogP contribution is -2.25. The molecule has 2 rings (SSSR count). The van der Waals surface area contributed by atoms with Crippen LogP contribution in [-0.4, -0.2) is 18.7 Å². The number of rotatable bonds is 3. The maximum absolute atomic E-state index is 14.0. The average molecular weight is 295 g/mol. The second kappa shape index (κ2) is 5.06. The third kappa shape index (κ3) is 3.69. The molecule has 0 atom stereocenters. The Morgan fingerprint density at radius 3 is 2.58 bits per heavy atom. The predicted molar refractivity (Wildman–Crippen MR) is 85.6 cm³/mol. The van der Waals surface area contributed by atoms with E-state index in [9.17, 15) is 4.39 Å². The van der Waals surface area contributed by atoms with Gasteiger partial charge in [-0.15, -0.1) is 0 Å². The van der Waals surface area contributed by atoms with E-state index in [1.54, 1.807) is 12.1 Å². The van der Waals surface area contributed by atoms with Crippen LogP contribution in [0.5, 0.6) is 0 Å². The Morgan fingerprint density at radius 1 is 1.26 bits per heavy atom. The molecule has 104 valence electrons. The molecule has 0 saturated heterocycles. The Hall–Kier alpha value is -0.613. The van der Waals surface area contributed by atoms with Crippen LogP contribution in [0, 0.1) is 5.82 Å². The average Bonchev–Trinajstić information content (AvgIpc) is 2.25. The van der Waals surface area contributed by atoms with Crippen LogP contribution in [0.2, 0.25) is 25.7 Å². The van der Waals surface area contributed by atoms with Crippen LogP contribution >= 0.6 is 11.8 Å². The van der Waals surface area contributed by atoms with Gasteiger partial charge in [-0.25, -0.2) is 4.39 Å². The number of thioether (sulfide) groups is 1. The Balaban J connectivity index is 2.36. The third-order valence-electron chi connectivity index (χ3n) is 3.15. The van der Waals surface area contributed by atoms with Gasteiger partial charge in [0.2, 0.25) is 0 Å². The normalized spacial score (nSPS) is 17.9. The quantitative estimate of drug-likeness (QED) is 0.699. The molecule has 0 spiro atoms. The minimum absolute atomic E-state index is 0.115. The molecule has 0 fully saturated rings. The zero-order chi connectivity index (χ0) is 14.3. The molecule has 1 heterocycles. The molecule has 0 saturated carbocycles. The smallest absolute Gasteiger partial charge is 0.137 e. The van der Waals surface area contributed by atoms with E-state index in [0.29, 0.717) is 0 Å². The van der Waals surface area contributed by atoms with Crippen molar-refractivity contribution in [2.24, 2.45) is 4.99 Å². The molecule has 0 bridgehead atoms. The van der Waals surface area contributed by atoms with Gasteiger partial charge in [0.1, 0.15) is 10.7 Å². The summed E-state index contributed by atoms with van der Waals surface area (Å²) in [5.41, 5.74) is 2.09. The van der Waals surface area contributed by atoms with Crippen molar-refractivity contribution in [2.45, 2.75) is 55.7 Å². The highest BCUT2D eigenvalue weighted by molar-refractivity contribution is 8.00. The van der Waals surface area contributed by atoms with Gasteiger partial charge in [0.05, 0.1) is 4.90 Å². The van der Waals surface area contributed by atoms with Gasteiger partial charge in [-0.2, -0.15) is 0 Å². The van der Waals surface area contributed by atoms with Crippen molar-refractivity contribution in [1.82, 2.24) is 0 Å². The fraction of sp³-hybridized carbons (Fsp3) is 0.533. The van der Waals surface area contributed by atoms with Crippen LogP contribution in [0.1, 0.15) is 25.8 Å². The number of hydrogen-bond acceptors (Lipinski definition) is 2. The molecule has 0 radical (unpaired) electrons. The predicted octanol–water partition coefficient (Wildman–Crippen LogP) is 5.18. The highest BCUT2D eigenvalue weighted by atomic mass is 32.2. The van der Waals surface area contributed by atoms with Gasteiger partial charge in [-0.05, 0) is 26.3 Å². The van der Waals surface area contributed by atoms with Gasteiger partial charge in [0, 0.05) is 19.3 Å². The van der Waals surface area contributed by atoms with Gasteiger partial charge in [-0.1, -0.05) is 49.6 Å². The molecule has 0 aromatic heterocycles. The molecule has 19 heavy (non-hydrogen) atoms. The fourth-order valence-electron chi connectivity index (χ4n) is 2.18. The van der Waals surface area contributed by atoms with E-state index in [4.69, 9.17) is 4.99 Å². The SMILES string of the molecule is CC1(C)N=C(CC[Si](C)(C)C)c2cccc(F)c2S1. The van der Waals surface area contributed by atoms with Crippen molar-refractivity contribution in [3.63, 3.8) is 0 Å². The van der Waals surface area contributed by atoms with E-state index >= 15 is 0 Å². The van der Waals surface area contributed by atoms with Crippen LogP contribution in [0.3, 0.4) is 0 Å². The lowest BCUT2D eigenvalue weighted by molar-refractivity contribution is 0.597. The van der Waals surface area contributed by atoms with E-state index in [2.05, 4.69) is 33.5 Å². The molecule has 0 N–H and O–H groups in total. The number of nitrogens with zero attached hydrogens (tertiary/aromatic N) is 1. The first kappa shape index (κ1) is 14.8. The molecule has 1 aliphatic rings. The maximum Gasteiger partial charge on any atom is 0.137 e. The number of fused-ring (bicyclic) bond motifs is 1. The number of hydrogen-bond donors (Lipinski definition) is 0. The van der Waals surface area contributed by atoms with Crippen LogP contribution in [-0.2, 0) is 0 Å². The van der Waals surface area contributed by atoms with E-state index in [-0.39, 0.29) is 10.7 Å². The minimum atomic E-state index is -1.10. The summed E-state index contributed by atoms with van der Waals surface area (Å²) >= 11 is 1.53. The molecule has 0 amide bonds. The van der Waals surface area contributed by atoms with Crippen molar-refractivity contribution in [3.8, 4) is 0 Å². The molecular weight excluding hydrogens is 273 g/mol. The van der Waals surface area contributed by atoms with Gasteiger partial charge in [0.25, 0.3) is 0 Å². The van der Waals surface area contributed by atoms with Crippen LogP contribution in [0.4, 0.5) is 4.39 Å². The summed E-state index contributed by atoms with van der Waals surface area (Å²) in [6.07, 6.45) is 0.968. The second-order valence-corrected chi connectivity index (χ2v) is 14.0. The van der Waals surface area contributed by atoms with Crippen molar-refractivity contribution < 1.29 is 4.39 Å². The molecule has 1 aliphatic heterocycles. The molecule has 0 aliphatic carbocycles. The highest BCUT2D eigenvalue weighted by Crippen LogP contribution is 2.42. The van der Waals surface area contributed by atoms with Crippen molar-refractivity contribution in [1.29, 1.82) is 0 Å². The van der Waals surface area contributed by atoms with Crippen LogP contribution in [0.25, 0.3) is 0 Å². The van der Waals surface area contributed by atoms with Gasteiger partial charge < -0.3 is 0 Å². The first-order valence-electron chi connectivity index (χ1n) is 6.75. The van der Waals surface area contributed by atoms with E-state index < -0.39 is 8.07 Å². The lowest BCUT2D eigenvalue weighted by Gasteiger charge is -2.29. The zero-order valence-corrected chi connectivity index (χ0v) is 14.2. The molecule has 1 nitrogen and oxygen atoms in total. The standard InChI is InChI=1S/C15H22FNSSi/c1-15(2)17-13(9-10-19(3,4)5)11-7-6-8-12(16)14(11)18-15/h6-8H,9-10H2,1-5H3.